The molecule has 0 fully saturated rings. The highest BCUT2D eigenvalue weighted by Crippen LogP contribution is 2.42. The number of nitrogens with zero attached hydrogens (tertiary/aromatic N) is 3. The van der Waals surface area contributed by atoms with Gasteiger partial charge in [0.15, 0.2) is 17.5 Å². The topological polar surface area (TPSA) is 51.8 Å². The molecule has 2 heterocycles. The quantitative estimate of drug-likeness (QED) is 0.196. The van der Waals surface area contributed by atoms with Gasteiger partial charge in [0, 0.05) is 27.5 Å². The average molecular weight is 604 g/mol. The second-order valence-electron chi connectivity index (χ2n) is 11.4. The summed E-state index contributed by atoms with van der Waals surface area (Å²) in [6.45, 7) is 0. The summed E-state index contributed by atoms with van der Waals surface area (Å²) in [6, 6.07) is 50.6. The highest BCUT2D eigenvalue weighted by Gasteiger charge is 2.19. The lowest BCUT2D eigenvalue weighted by Gasteiger charge is -2.14. The van der Waals surface area contributed by atoms with Gasteiger partial charge in [0.05, 0.1) is 2.74 Å². The van der Waals surface area contributed by atoms with Crippen LogP contribution in [-0.4, -0.2) is 15.0 Å². The third-order valence-corrected chi connectivity index (χ3v) is 8.56. The largest absolute Gasteiger partial charge is 0.456 e. The highest BCUT2D eigenvalue weighted by molar-refractivity contribution is 6.15. The predicted octanol–water partition coefficient (Wildman–Crippen LogP) is 11.3. The molecule has 0 aliphatic rings. The van der Waals surface area contributed by atoms with E-state index in [9.17, 15) is 1.37 Å². The lowest BCUT2D eigenvalue weighted by atomic mass is 9.91. The Bertz CT molecular complexity index is 2620. The van der Waals surface area contributed by atoms with E-state index in [0.29, 0.717) is 34.7 Å². The molecule has 0 radical (unpaired) electrons. The first-order chi connectivity index (χ1) is 24.1. The number of hydrogen-bond donors (Lipinski definition) is 0. The minimum atomic E-state index is 0.279. The maximum atomic E-state index is 9.49. The van der Waals surface area contributed by atoms with E-state index >= 15 is 0 Å². The fraction of sp³-hybridized carbons (Fsp3) is 0. The van der Waals surface area contributed by atoms with E-state index in [1.807, 2.05) is 109 Å². The molecule has 0 saturated heterocycles. The molecule has 4 nitrogen and oxygen atoms in total. The normalized spacial score (nSPS) is 12.0. The van der Waals surface area contributed by atoms with Crippen LogP contribution >= 0.6 is 0 Å². The summed E-state index contributed by atoms with van der Waals surface area (Å²) in [5, 5.41) is 3.60. The maximum absolute atomic E-state index is 9.49. The molecule has 7 aromatic carbocycles. The molecule has 0 unspecified atom stereocenters. The van der Waals surface area contributed by atoms with Gasteiger partial charge < -0.3 is 4.42 Å². The third kappa shape index (κ3) is 4.75. The van der Waals surface area contributed by atoms with Crippen LogP contribution in [0.3, 0.4) is 0 Å². The SMILES string of the molecule is [2H]c1cccc2c1oc1c([2H])c(-c3ccc(-c4nc(-c5ccccc5)nc(-c5ccccc5)n4)c4ccccc34)cc(-c3ccccc3)c12. The van der Waals surface area contributed by atoms with E-state index in [4.69, 9.17) is 20.7 Å². The maximum Gasteiger partial charge on any atom is 0.164 e. The molecule has 2 aromatic heterocycles. The Morgan fingerprint density at radius 3 is 1.57 bits per heavy atom. The number of furan rings is 1. The second kappa shape index (κ2) is 11.2. The third-order valence-electron chi connectivity index (χ3n) is 8.56. The minimum Gasteiger partial charge on any atom is -0.456 e. The number of rotatable bonds is 5. The number of benzene rings is 7. The van der Waals surface area contributed by atoms with E-state index in [1.54, 1.807) is 6.07 Å². The van der Waals surface area contributed by atoms with Gasteiger partial charge in [-0.25, -0.2) is 15.0 Å². The zero-order chi connectivity index (χ0) is 32.9. The molecule has 0 saturated carbocycles. The Kier molecular flexibility index (Phi) is 5.93. The van der Waals surface area contributed by atoms with Crippen molar-refractivity contribution in [2.24, 2.45) is 0 Å². The average Bonchev–Trinajstić information content (AvgIpc) is 3.57. The van der Waals surface area contributed by atoms with Crippen LogP contribution < -0.4 is 0 Å². The van der Waals surface area contributed by atoms with Crippen LogP contribution in [0.1, 0.15) is 2.74 Å². The summed E-state index contributed by atoms with van der Waals surface area (Å²) in [6.07, 6.45) is 0. The molecule has 0 N–H and O–H groups in total. The lowest BCUT2D eigenvalue weighted by molar-refractivity contribution is 0.669. The van der Waals surface area contributed by atoms with Crippen molar-refractivity contribution in [1.29, 1.82) is 0 Å². The van der Waals surface area contributed by atoms with Crippen molar-refractivity contribution >= 4 is 32.7 Å². The summed E-state index contributed by atoms with van der Waals surface area (Å²) < 4.78 is 24.4. The van der Waals surface area contributed by atoms with Crippen LogP contribution in [0.4, 0.5) is 0 Å². The molecule has 220 valence electrons. The number of para-hydroxylation sites is 1. The molecule has 0 bridgehead atoms. The van der Waals surface area contributed by atoms with Crippen LogP contribution in [-0.2, 0) is 0 Å². The van der Waals surface area contributed by atoms with Crippen molar-refractivity contribution in [3.8, 4) is 56.4 Å². The fourth-order valence-electron chi connectivity index (χ4n) is 6.36. The van der Waals surface area contributed by atoms with Crippen molar-refractivity contribution in [3.05, 3.63) is 164 Å². The van der Waals surface area contributed by atoms with Crippen molar-refractivity contribution in [2.45, 2.75) is 0 Å². The van der Waals surface area contributed by atoms with Crippen LogP contribution in [0.2, 0.25) is 0 Å². The molecule has 0 spiro atoms. The summed E-state index contributed by atoms with van der Waals surface area (Å²) in [4.78, 5) is 14.9. The zero-order valence-corrected chi connectivity index (χ0v) is 25.2. The Balaban J connectivity index is 1.30. The van der Waals surface area contributed by atoms with Crippen molar-refractivity contribution in [1.82, 2.24) is 15.0 Å². The van der Waals surface area contributed by atoms with Crippen LogP contribution in [0.5, 0.6) is 0 Å². The molecular formula is C43H27N3O. The summed E-state index contributed by atoms with van der Waals surface area (Å²) in [7, 11) is 0. The van der Waals surface area contributed by atoms with Crippen LogP contribution in [0, 0.1) is 0 Å². The highest BCUT2D eigenvalue weighted by atomic mass is 16.3. The second-order valence-corrected chi connectivity index (χ2v) is 11.4. The van der Waals surface area contributed by atoms with Crippen molar-refractivity contribution < 1.29 is 7.16 Å². The molecule has 4 heteroatoms. The Hall–Kier alpha value is -6.39. The van der Waals surface area contributed by atoms with E-state index < -0.39 is 0 Å². The van der Waals surface area contributed by atoms with Crippen LogP contribution in [0.15, 0.2) is 168 Å². The fourth-order valence-corrected chi connectivity index (χ4v) is 6.36. The molecule has 9 rings (SSSR count). The summed E-state index contributed by atoms with van der Waals surface area (Å²) in [5.74, 6) is 1.77. The van der Waals surface area contributed by atoms with Gasteiger partial charge in [-0.15, -0.1) is 0 Å². The summed E-state index contributed by atoms with van der Waals surface area (Å²) >= 11 is 0. The lowest BCUT2D eigenvalue weighted by Crippen LogP contribution is -2.00. The minimum absolute atomic E-state index is 0.279. The van der Waals surface area contributed by atoms with E-state index in [0.717, 1.165) is 60.5 Å². The van der Waals surface area contributed by atoms with Crippen LogP contribution in [0.25, 0.3) is 89.1 Å². The van der Waals surface area contributed by atoms with Crippen molar-refractivity contribution in [2.75, 3.05) is 0 Å². The van der Waals surface area contributed by atoms with E-state index in [2.05, 4.69) is 36.4 Å². The molecular weight excluding hydrogens is 574 g/mol. The zero-order valence-electron chi connectivity index (χ0n) is 27.2. The Morgan fingerprint density at radius 2 is 0.915 bits per heavy atom. The van der Waals surface area contributed by atoms with Gasteiger partial charge in [0.25, 0.3) is 0 Å². The van der Waals surface area contributed by atoms with Gasteiger partial charge in [-0.2, -0.15) is 0 Å². The first kappa shape index (κ1) is 24.9. The first-order valence-electron chi connectivity index (χ1n) is 16.5. The molecule has 0 atom stereocenters. The monoisotopic (exact) mass is 603 g/mol. The smallest absolute Gasteiger partial charge is 0.164 e. The molecule has 0 aliphatic heterocycles. The number of hydrogen-bond acceptors (Lipinski definition) is 4. The molecule has 0 amide bonds. The summed E-state index contributed by atoms with van der Waals surface area (Å²) in [5.41, 5.74) is 7.25. The number of aromatic nitrogens is 3. The Morgan fingerprint density at radius 1 is 0.404 bits per heavy atom. The van der Waals surface area contributed by atoms with Gasteiger partial charge >= 0.3 is 0 Å². The predicted molar refractivity (Wildman–Crippen MR) is 192 cm³/mol. The van der Waals surface area contributed by atoms with Gasteiger partial charge in [-0.1, -0.05) is 140 Å². The van der Waals surface area contributed by atoms with Gasteiger partial charge in [-0.05, 0) is 57.2 Å². The molecule has 0 aliphatic carbocycles. The molecule has 47 heavy (non-hydrogen) atoms. The van der Waals surface area contributed by atoms with Gasteiger partial charge in [0.1, 0.15) is 11.2 Å². The molecule has 9 aromatic rings. The first-order valence-corrected chi connectivity index (χ1v) is 15.5. The number of fused-ring (bicyclic) bond motifs is 4. The van der Waals surface area contributed by atoms with E-state index in [1.165, 1.54) is 0 Å². The van der Waals surface area contributed by atoms with Gasteiger partial charge in [-0.3, -0.25) is 0 Å². The Labute approximate surface area is 274 Å². The van der Waals surface area contributed by atoms with Gasteiger partial charge in [0.2, 0.25) is 0 Å². The van der Waals surface area contributed by atoms with Crippen molar-refractivity contribution in [3.63, 3.8) is 0 Å². The standard InChI is InChI=1S/C43H27N3O/c1-4-14-28(15-5-1)37-26-31(27-39-40(37)36-22-12-13-23-38(36)47-39)32-24-25-35(34-21-11-10-20-33(32)34)43-45-41(29-16-6-2-7-17-29)44-42(46-43)30-18-8-3-9-19-30/h1-27H/i23D,27D. The van der Waals surface area contributed by atoms with E-state index in [-0.39, 0.29) is 6.04 Å².